The quantitative estimate of drug-likeness (QED) is 0.732. The molecule has 2 aliphatic rings. The number of β-amino-alcohol motifs (C(OH)–C–C–N with tert-alkyl or cyclic N) is 1. The third-order valence-electron chi connectivity index (χ3n) is 3.73. The zero-order chi connectivity index (χ0) is 10.7. The van der Waals surface area contributed by atoms with Crippen LogP contribution in [0.25, 0.3) is 0 Å². The highest BCUT2D eigenvalue weighted by molar-refractivity contribution is 4.90. The van der Waals surface area contributed by atoms with Gasteiger partial charge in [-0.3, -0.25) is 4.90 Å². The summed E-state index contributed by atoms with van der Waals surface area (Å²) in [5.74, 6) is 0. The van der Waals surface area contributed by atoms with Crippen LogP contribution >= 0.6 is 0 Å². The van der Waals surface area contributed by atoms with Crippen molar-refractivity contribution in [2.45, 2.75) is 57.2 Å². The molecule has 2 heterocycles. The number of piperidine rings is 1. The maximum Gasteiger partial charge on any atom is 0.0639 e. The first-order chi connectivity index (χ1) is 7.27. The van der Waals surface area contributed by atoms with Crippen LogP contribution < -0.4 is 5.32 Å². The Bertz CT molecular complexity index is 190. The van der Waals surface area contributed by atoms with Crippen LogP contribution in [0.1, 0.15) is 39.0 Å². The Hall–Kier alpha value is -0.120. The van der Waals surface area contributed by atoms with Crippen molar-refractivity contribution >= 4 is 0 Å². The molecule has 3 heteroatoms. The summed E-state index contributed by atoms with van der Waals surface area (Å²) in [5, 5.41) is 13.1. The van der Waals surface area contributed by atoms with E-state index in [1.165, 1.54) is 45.2 Å². The van der Waals surface area contributed by atoms with E-state index >= 15 is 0 Å². The number of rotatable bonds is 3. The van der Waals surface area contributed by atoms with E-state index in [2.05, 4.69) is 10.2 Å². The number of nitrogens with zero attached hydrogens (tertiary/aromatic N) is 1. The molecule has 0 bridgehead atoms. The number of nitrogens with one attached hydrogen (secondary N) is 1. The molecule has 3 atom stereocenters. The molecule has 3 unspecified atom stereocenters. The summed E-state index contributed by atoms with van der Waals surface area (Å²) in [6.45, 7) is 5.11. The predicted molar refractivity (Wildman–Crippen MR) is 61.9 cm³/mol. The molecule has 0 aromatic carbocycles. The van der Waals surface area contributed by atoms with E-state index in [1.54, 1.807) is 0 Å². The van der Waals surface area contributed by atoms with Crippen molar-refractivity contribution in [3.63, 3.8) is 0 Å². The van der Waals surface area contributed by atoms with Crippen LogP contribution in [0.2, 0.25) is 0 Å². The molecule has 88 valence electrons. The molecule has 0 aliphatic carbocycles. The molecule has 2 fully saturated rings. The summed E-state index contributed by atoms with van der Waals surface area (Å²) in [7, 11) is 0. The lowest BCUT2D eigenvalue weighted by atomic mass is 9.94. The van der Waals surface area contributed by atoms with Crippen molar-refractivity contribution in [2.75, 3.05) is 19.6 Å². The van der Waals surface area contributed by atoms with Gasteiger partial charge in [0.1, 0.15) is 0 Å². The Kier molecular flexibility index (Phi) is 4.00. The van der Waals surface area contributed by atoms with Crippen LogP contribution in [0, 0.1) is 0 Å². The molecule has 3 nitrogen and oxygen atoms in total. The normalized spacial score (nSPS) is 35.6. The lowest BCUT2D eigenvalue weighted by Gasteiger charge is -2.39. The average Bonchev–Trinajstić information content (AvgIpc) is 2.70. The van der Waals surface area contributed by atoms with Gasteiger partial charge in [0, 0.05) is 18.6 Å². The van der Waals surface area contributed by atoms with Crippen molar-refractivity contribution in [1.29, 1.82) is 0 Å². The second-order valence-electron chi connectivity index (χ2n) is 5.11. The molecule has 15 heavy (non-hydrogen) atoms. The van der Waals surface area contributed by atoms with E-state index < -0.39 is 0 Å². The predicted octanol–water partition coefficient (Wildman–Crippen LogP) is 0.974. The first-order valence-corrected chi connectivity index (χ1v) is 6.43. The van der Waals surface area contributed by atoms with Crippen LogP contribution in [0.4, 0.5) is 0 Å². The van der Waals surface area contributed by atoms with Gasteiger partial charge >= 0.3 is 0 Å². The molecule has 0 spiro atoms. The summed E-state index contributed by atoms with van der Waals surface area (Å²) in [6.07, 6.45) is 6.43. The molecule has 0 amide bonds. The van der Waals surface area contributed by atoms with Crippen molar-refractivity contribution in [2.24, 2.45) is 0 Å². The number of aliphatic hydroxyl groups is 1. The maximum atomic E-state index is 9.50. The minimum absolute atomic E-state index is 0.188. The first-order valence-electron chi connectivity index (χ1n) is 6.43. The van der Waals surface area contributed by atoms with Crippen LogP contribution in [0.5, 0.6) is 0 Å². The van der Waals surface area contributed by atoms with Crippen molar-refractivity contribution < 1.29 is 5.11 Å². The van der Waals surface area contributed by atoms with Gasteiger partial charge in [-0.1, -0.05) is 6.42 Å². The third-order valence-corrected chi connectivity index (χ3v) is 3.73. The summed E-state index contributed by atoms with van der Waals surface area (Å²) < 4.78 is 0. The Balaban J connectivity index is 1.92. The van der Waals surface area contributed by atoms with E-state index in [9.17, 15) is 5.11 Å². The fourth-order valence-electron chi connectivity index (χ4n) is 3.08. The zero-order valence-electron chi connectivity index (χ0n) is 9.78. The topological polar surface area (TPSA) is 35.5 Å². The van der Waals surface area contributed by atoms with Crippen LogP contribution in [0.3, 0.4) is 0 Å². The molecule has 2 saturated heterocycles. The Morgan fingerprint density at radius 3 is 2.87 bits per heavy atom. The third kappa shape index (κ3) is 2.92. The van der Waals surface area contributed by atoms with Crippen LogP contribution in [-0.2, 0) is 0 Å². The number of aliphatic hydroxyl groups excluding tert-OH is 1. The van der Waals surface area contributed by atoms with Gasteiger partial charge in [-0.15, -0.1) is 0 Å². The fourth-order valence-corrected chi connectivity index (χ4v) is 3.08. The number of likely N-dealkylation sites (tertiary alicyclic amines) is 1. The maximum absolute atomic E-state index is 9.50. The molecular formula is C12H24N2O. The second kappa shape index (κ2) is 5.28. The van der Waals surface area contributed by atoms with Gasteiger partial charge in [-0.25, -0.2) is 0 Å². The van der Waals surface area contributed by atoms with Gasteiger partial charge in [-0.05, 0) is 45.7 Å². The smallest absolute Gasteiger partial charge is 0.0639 e. The van der Waals surface area contributed by atoms with E-state index in [-0.39, 0.29) is 6.10 Å². The minimum atomic E-state index is -0.188. The number of hydrogen-bond acceptors (Lipinski definition) is 3. The van der Waals surface area contributed by atoms with Crippen molar-refractivity contribution in [3.05, 3.63) is 0 Å². The number of hydrogen-bond donors (Lipinski definition) is 2. The Morgan fingerprint density at radius 2 is 2.20 bits per heavy atom. The Labute approximate surface area is 92.8 Å². The average molecular weight is 212 g/mol. The second-order valence-corrected chi connectivity index (χ2v) is 5.11. The summed E-state index contributed by atoms with van der Waals surface area (Å²) >= 11 is 0. The van der Waals surface area contributed by atoms with Crippen molar-refractivity contribution in [1.82, 2.24) is 10.2 Å². The van der Waals surface area contributed by atoms with E-state index in [0.29, 0.717) is 12.1 Å². The highest BCUT2D eigenvalue weighted by Crippen LogP contribution is 2.24. The SMILES string of the molecule is CC(O)CN1CCCCC1C1CCCN1. The minimum Gasteiger partial charge on any atom is -0.392 e. The summed E-state index contributed by atoms with van der Waals surface area (Å²) in [5.41, 5.74) is 0. The summed E-state index contributed by atoms with van der Waals surface area (Å²) in [6, 6.07) is 1.36. The van der Waals surface area contributed by atoms with Gasteiger partial charge in [0.15, 0.2) is 0 Å². The monoisotopic (exact) mass is 212 g/mol. The molecular weight excluding hydrogens is 188 g/mol. The molecule has 2 N–H and O–H groups in total. The van der Waals surface area contributed by atoms with E-state index in [4.69, 9.17) is 0 Å². The van der Waals surface area contributed by atoms with Gasteiger partial charge in [0.05, 0.1) is 6.10 Å². The van der Waals surface area contributed by atoms with Crippen LogP contribution in [-0.4, -0.2) is 47.8 Å². The van der Waals surface area contributed by atoms with Crippen LogP contribution in [0.15, 0.2) is 0 Å². The van der Waals surface area contributed by atoms with Gasteiger partial charge in [0.25, 0.3) is 0 Å². The molecule has 0 aromatic rings. The highest BCUT2D eigenvalue weighted by Gasteiger charge is 2.31. The lowest BCUT2D eigenvalue weighted by molar-refractivity contribution is 0.0625. The fraction of sp³-hybridized carbons (Fsp3) is 1.00. The summed E-state index contributed by atoms with van der Waals surface area (Å²) in [4.78, 5) is 2.50. The Morgan fingerprint density at radius 1 is 1.33 bits per heavy atom. The largest absolute Gasteiger partial charge is 0.392 e. The van der Waals surface area contributed by atoms with E-state index in [1.807, 2.05) is 6.92 Å². The molecule has 0 radical (unpaired) electrons. The van der Waals surface area contributed by atoms with E-state index in [0.717, 1.165) is 6.54 Å². The standard InChI is InChI=1S/C12H24N2O/c1-10(15)9-14-8-3-2-6-12(14)11-5-4-7-13-11/h10-13,15H,2-9H2,1H3. The molecule has 0 saturated carbocycles. The first kappa shape index (κ1) is 11.4. The molecule has 0 aromatic heterocycles. The van der Waals surface area contributed by atoms with Crippen molar-refractivity contribution in [3.8, 4) is 0 Å². The van der Waals surface area contributed by atoms with Gasteiger partial charge in [-0.2, -0.15) is 0 Å². The highest BCUT2D eigenvalue weighted by atomic mass is 16.3. The lowest BCUT2D eigenvalue weighted by Crippen LogP contribution is -2.51. The van der Waals surface area contributed by atoms with Gasteiger partial charge in [0.2, 0.25) is 0 Å². The van der Waals surface area contributed by atoms with Gasteiger partial charge < -0.3 is 10.4 Å². The molecule has 2 rings (SSSR count). The molecule has 2 aliphatic heterocycles. The zero-order valence-corrected chi connectivity index (χ0v) is 9.78.